The van der Waals surface area contributed by atoms with Gasteiger partial charge in [-0.05, 0) is 35.0 Å². The number of carbonyl (C=O) groups excluding carboxylic acids is 1. The molecule has 122 valence electrons. The van der Waals surface area contributed by atoms with Gasteiger partial charge in [0.05, 0.1) is 17.7 Å². The molecule has 3 aromatic rings. The van der Waals surface area contributed by atoms with Crippen molar-refractivity contribution in [2.45, 2.75) is 6.54 Å². The van der Waals surface area contributed by atoms with Crippen molar-refractivity contribution in [3.05, 3.63) is 75.2 Å². The second kappa shape index (κ2) is 7.24. The second-order valence-electron chi connectivity index (χ2n) is 5.27. The fourth-order valence-corrected chi connectivity index (χ4v) is 3.39. The van der Waals surface area contributed by atoms with Crippen molar-refractivity contribution >= 4 is 44.2 Å². The molecule has 0 aliphatic rings. The summed E-state index contributed by atoms with van der Waals surface area (Å²) in [5.74, 6) is 0.526. The van der Waals surface area contributed by atoms with Crippen LogP contribution < -0.4 is 10.1 Å². The third-order valence-corrected chi connectivity index (χ3v) is 4.62. The summed E-state index contributed by atoms with van der Waals surface area (Å²) >= 11 is 9.48. The first-order valence-electron chi connectivity index (χ1n) is 7.38. The molecule has 0 saturated carbocycles. The Balaban J connectivity index is 1.88. The molecule has 1 amide bonds. The molecule has 0 bridgehead atoms. The number of rotatable bonds is 4. The van der Waals surface area contributed by atoms with Crippen LogP contribution in [0.3, 0.4) is 0 Å². The average Bonchev–Trinajstić information content (AvgIpc) is 2.59. The molecule has 0 fully saturated rings. The van der Waals surface area contributed by atoms with E-state index < -0.39 is 0 Å². The number of amides is 1. The minimum Gasteiger partial charge on any atom is -0.496 e. The van der Waals surface area contributed by atoms with Crippen molar-refractivity contribution in [1.29, 1.82) is 0 Å². The number of fused-ring (bicyclic) bond motifs is 1. The molecule has 0 aliphatic carbocycles. The molecular formula is C19H15BrClNO2. The Morgan fingerprint density at radius 2 is 1.96 bits per heavy atom. The Kier molecular flexibility index (Phi) is 5.07. The molecule has 0 aliphatic heterocycles. The van der Waals surface area contributed by atoms with Gasteiger partial charge in [-0.15, -0.1) is 0 Å². The average molecular weight is 405 g/mol. The Labute approximate surface area is 153 Å². The van der Waals surface area contributed by atoms with E-state index >= 15 is 0 Å². The standard InChI is InChI=1S/C19H15BrClNO2/c1-24-18-9-6-12-4-2-3-5-14(12)16(18)11-22-19(23)15-8-7-13(20)10-17(15)21/h2-10H,11H2,1H3,(H,22,23). The molecule has 3 rings (SSSR count). The van der Waals surface area contributed by atoms with E-state index in [-0.39, 0.29) is 5.91 Å². The van der Waals surface area contributed by atoms with Crippen molar-refractivity contribution < 1.29 is 9.53 Å². The van der Waals surface area contributed by atoms with Crippen LogP contribution >= 0.6 is 27.5 Å². The molecule has 0 heterocycles. The van der Waals surface area contributed by atoms with Crippen LogP contribution in [0, 0.1) is 0 Å². The van der Waals surface area contributed by atoms with Gasteiger partial charge in [-0.3, -0.25) is 4.79 Å². The molecule has 0 atom stereocenters. The normalized spacial score (nSPS) is 10.6. The summed E-state index contributed by atoms with van der Waals surface area (Å²) in [6.07, 6.45) is 0. The Morgan fingerprint density at radius 1 is 1.17 bits per heavy atom. The largest absolute Gasteiger partial charge is 0.496 e. The van der Waals surface area contributed by atoms with Crippen LogP contribution in [0.2, 0.25) is 5.02 Å². The van der Waals surface area contributed by atoms with E-state index in [1.807, 2.05) is 36.4 Å². The van der Waals surface area contributed by atoms with Crippen molar-refractivity contribution in [2.24, 2.45) is 0 Å². The Hall–Kier alpha value is -2.04. The fraction of sp³-hybridized carbons (Fsp3) is 0.105. The highest BCUT2D eigenvalue weighted by Gasteiger charge is 2.13. The fourth-order valence-electron chi connectivity index (χ4n) is 2.63. The zero-order valence-electron chi connectivity index (χ0n) is 13.0. The molecule has 3 aromatic carbocycles. The maximum absolute atomic E-state index is 12.4. The van der Waals surface area contributed by atoms with E-state index in [1.165, 1.54) is 0 Å². The van der Waals surface area contributed by atoms with Crippen LogP contribution in [0.25, 0.3) is 10.8 Å². The number of hydrogen-bond donors (Lipinski definition) is 1. The van der Waals surface area contributed by atoms with Gasteiger partial charge in [0.25, 0.3) is 5.91 Å². The van der Waals surface area contributed by atoms with Crippen LogP contribution in [-0.2, 0) is 6.54 Å². The summed E-state index contributed by atoms with van der Waals surface area (Å²) in [4.78, 5) is 12.4. The quantitative estimate of drug-likeness (QED) is 0.649. The second-order valence-corrected chi connectivity index (χ2v) is 6.60. The summed E-state index contributed by atoms with van der Waals surface area (Å²) in [6, 6.07) is 17.1. The van der Waals surface area contributed by atoms with E-state index in [4.69, 9.17) is 16.3 Å². The molecule has 0 saturated heterocycles. The predicted molar refractivity (Wildman–Crippen MR) is 101 cm³/mol. The smallest absolute Gasteiger partial charge is 0.253 e. The lowest BCUT2D eigenvalue weighted by molar-refractivity contribution is 0.0951. The van der Waals surface area contributed by atoms with E-state index in [2.05, 4.69) is 21.2 Å². The highest BCUT2D eigenvalue weighted by Crippen LogP contribution is 2.28. The first kappa shape index (κ1) is 16.8. The number of carbonyl (C=O) groups is 1. The zero-order chi connectivity index (χ0) is 17.1. The van der Waals surface area contributed by atoms with Crippen LogP contribution in [-0.4, -0.2) is 13.0 Å². The monoisotopic (exact) mass is 403 g/mol. The predicted octanol–water partition coefficient (Wildman–Crippen LogP) is 5.19. The first-order valence-corrected chi connectivity index (χ1v) is 8.55. The number of hydrogen-bond acceptors (Lipinski definition) is 2. The number of halogens is 2. The lowest BCUT2D eigenvalue weighted by Crippen LogP contribution is -2.23. The van der Waals surface area contributed by atoms with Crippen LogP contribution in [0.4, 0.5) is 0 Å². The van der Waals surface area contributed by atoms with E-state index in [0.29, 0.717) is 17.1 Å². The minimum absolute atomic E-state index is 0.220. The van der Waals surface area contributed by atoms with Crippen molar-refractivity contribution in [2.75, 3.05) is 7.11 Å². The third kappa shape index (κ3) is 3.40. The van der Waals surface area contributed by atoms with Gasteiger partial charge in [0, 0.05) is 16.6 Å². The molecule has 0 spiro atoms. The van der Waals surface area contributed by atoms with Crippen molar-refractivity contribution in [3.63, 3.8) is 0 Å². The van der Waals surface area contributed by atoms with E-state index in [1.54, 1.807) is 25.3 Å². The molecule has 5 heteroatoms. The van der Waals surface area contributed by atoms with Gasteiger partial charge in [-0.25, -0.2) is 0 Å². The first-order chi connectivity index (χ1) is 11.6. The summed E-state index contributed by atoms with van der Waals surface area (Å²) in [7, 11) is 1.63. The van der Waals surface area contributed by atoms with Gasteiger partial charge in [-0.1, -0.05) is 57.9 Å². The molecular weight excluding hydrogens is 390 g/mol. The summed E-state index contributed by atoms with van der Waals surface area (Å²) < 4.78 is 6.28. The molecule has 0 radical (unpaired) electrons. The van der Waals surface area contributed by atoms with Gasteiger partial charge in [0.2, 0.25) is 0 Å². The SMILES string of the molecule is COc1ccc2ccccc2c1CNC(=O)c1ccc(Br)cc1Cl. The molecule has 0 unspecified atom stereocenters. The van der Waals surface area contributed by atoms with E-state index in [0.717, 1.165) is 26.6 Å². The maximum Gasteiger partial charge on any atom is 0.253 e. The topological polar surface area (TPSA) is 38.3 Å². The summed E-state index contributed by atoms with van der Waals surface area (Å²) in [5.41, 5.74) is 1.39. The zero-order valence-corrected chi connectivity index (χ0v) is 15.3. The number of ether oxygens (including phenoxy) is 1. The van der Waals surface area contributed by atoms with Crippen LogP contribution in [0.5, 0.6) is 5.75 Å². The van der Waals surface area contributed by atoms with Gasteiger partial charge in [-0.2, -0.15) is 0 Å². The van der Waals surface area contributed by atoms with Gasteiger partial charge in [0.15, 0.2) is 0 Å². The van der Waals surface area contributed by atoms with Gasteiger partial charge in [0.1, 0.15) is 5.75 Å². The Morgan fingerprint density at radius 3 is 2.71 bits per heavy atom. The summed E-state index contributed by atoms with van der Waals surface area (Å²) in [6.45, 7) is 0.357. The Bertz CT molecular complexity index is 911. The molecule has 3 nitrogen and oxygen atoms in total. The maximum atomic E-state index is 12.4. The van der Waals surface area contributed by atoms with Crippen molar-refractivity contribution in [3.8, 4) is 5.75 Å². The minimum atomic E-state index is -0.220. The number of methoxy groups -OCH3 is 1. The molecule has 1 N–H and O–H groups in total. The lowest BCUT2D eigenvalue weighted by atomic mass is 10.0. The third-order valence-electron chi connectivity index (χ3n) is 3.82. The molecule has 0 aromatic heterocycles. The van der Waals surface area contributed by atoms with E-state index in [9.17, 15) is 4.79 Å². The number of nitrogens with one attached hydrogen (secondary N) is 1. The molecule has 24 heavy (non-hydrogen) atoms. The highest BCUT2D eigenvalue weighted by atomic mass is 79.9. The van der Waals surface area contributed by atoms with Gasteiger partial charge < -0.3 is 10.1 Å². The summed E-state index contributed by atoms with van der Waals surface area (Å²) in [5, 5.41) is 5.49. The lowest BCUT2D eigenvalue weighted by Gasteiger charge is -2.13. The highest BCUT2D eigenvalue weighted by molar-refractivity contribution is 9.10. The van der Waals surface area contributed by atoms with Crippen molar-refractivity contribution in [1.82, 2.24) is 5.32 Å². The van der Waals surface area contributed by atoms with Crippen LogP contribution in [0.15, 0.2) is 59.1 Å². The van der Waals surface area contributed by atoms with Gasteiger partial charge >= 0.3 is 0 Å². The number of benzene rings is 3. The van der Waals surface area contributed by atoms with Crippen LogP contribution in [0.1, 0.15) is 15.9 Å².